The zero-order chi connectivity index (χ0) is 9.73. The van der Waals surface area contributed by atoms with Crippen LogP contribution in [0.2, 0.25) is 0 Å². The standard InChI is InChI=1S/C9H16O2S2/c1-2-5-13-9(8(10)11)4-3-6-12-7-9/h2-7H2,1H3,(H,10,11). The van der Waals surface area contributed by atoms with Crippen molar-refractivity contribution < 1.29 is 9.90 Å². The van der Waals surface area contributed by atoms with E-state index >= 15 is 0 Å². The van der Waals surface area contributed by atoms with Crippen molar-refractivity contribution in [2.24, 2.45) is 0 Å². The van der Waals surface area contributed by atoms with Crippen LogP contribution in [0.15, 0.2) is 0 Å². The molecule has 2 nitrogen and oxygen atoms in total. The van der Waals surface area contributed by atoms with Crippen LogP contribution in [0.5, 0.6) is 0 Å². The SMILES string of the molecule is CCCSC1(C(=O)O)CCCSC1. The molecule has 13 heavy (non-hydrogen) atoms. The first-order chi connectivity index (χ1) is 6.21. The molecule has 0 radical (unpaired) electrons. The van der Waals surface area contributed by atoms with Gasteiger partial charge in [-0.05, 0) is 30.8 Å². The average Bonchev–Trinajstić information content (AvgIpc) is 2.16. The first-order valence-electron chi connectivity index (χ1n) is 4.66. The van der Waals surface area contributed by atoms with E-state index in [1.54, 1.807) is 23.5 Å². The maximum atomic E-state index is 11.1. The van der Waals surface area contributed by atoms with E-state index in [9.17, 15) is 9.90 Å². The Kier molecular flexibility index (Phi) is 4.46. The van der Waals surface area contributed by atoms with Crippen molar-refractivity contribution >= 4 is 29.5 Å². The fourth-order valence-corrected chi connectivity index (χ4v) is 4.09. The summed E-state index contributed by atoms with van der Waals surface area (Å²) in [7, 11) is 0. The van der Waals surface area contributed by atoms with Crippen LogP contribution in [0.25, 0.3) is 0 Å². The summed E-state index contributed by atoms with van der Waals surface area (Å²) < 4.78 is -0.473. The molecule has 1 unspecified atom stereocenters. The first kappa shape index (κ1) is 11.2. The summed E-state index contributed by atoms with van der Waals surface area (Å²) in [5.74, 6) is 2.26. The van der Waals surface area contributed by atoms with Gasteiger partial charge in [-0.2, -0.15) is 11.8 Å². The lowest BCUT2D eigenvalue weighted by atomic mass is 10.1. The number of thioether (sulfide) groups is 2. The van der Waals surface area contributed by atoms with Gasteiger partial charge in [0.25, 0.3) is 0 Å². The van der Waals surface area contributed by atoms with Crippen LogP contribution in [-0.2, 0) is 4.79 Å². The number of aliphatic carboxylic acids is 1. The molecule has 1 aliphatic rings. The van der Waals surface area contributed by atoms with Crippen LogP contribution in [0, 0.1) is 0 Å². The van der Waals surface area contributed by atoms with Gasteiger partial charge in [0.2, 0.25) is 0 Å². The van der Waals surface area contributed by atoms with Gasteiger partial charge in [-0.15, -0.1) is 11.8 Å². The number of carboxylic acid groups (broad SMARTS) is 1. The Morgan fingerprint density at radius 2 is 2.46 bits per heavy atom. The maximum absolute atomic E-state index is 11.1. The quantitative estimate of drug-likeness (QED) is 0.790. The van der Waals surface area contributed by atoms with Crippen LogP contribution in [0.3, 0.4) is 0 Å². The molecule has 1 rings (SSSR count). The second-order valence-electron chi connectivity index (χ2n) is 3.30. The Morgan fingerprint density at radius 3 is 2.92 bits per heavy atom. The minimum Gasteiger partial charge on any atom is -0.480 e. The number of hydrogen-bond acceptors (Lipinski definition) is 3. The predicted molar refractivity (Wildman–Crippen MR) is 59.7 cm³/mol. The zero-order valence-electron chi connectivity index (χ0n) is 7.91. The molecule has 0 aromatic heterocycles. The third-order valence-electron chi connectivity index (χ3n) is 2.18. The van der Waals surface area contributed by atoms with Gasteiger partial charge in [0.05, 0.1) is 0 Å². The molecule has 1 N–H and O–H groups in total. The van der Waals surface area contributed by atoms with E-state index < -0.39 is 10.7 Å². The van der Waals surface area contributed by atoms with Crippen molar-refractivity contribution in [3.63, 3.8) is 0 Å². The highest BCUT2D eigenvalue weighted by molar-refractivity contribution is 8.04. The third-order valence-corrected chi connectivity index (χ3v) is 5.32. The minimum absolute atomic E-state index is 0.473. The van der Waals surface area contributed by atoms with Gasteiger partial charge in [0, 0.05) is 5.75 Å². The summed E-state index contributed by atoms with van der Waals surface area (Å²) in [5.41, 5.74) is 0. The molecule has 1 saturated heterocycles. The molecule has 0 aromatic carbocycles. The van der Waals surface area contributed by atoms with Gasteiger partial charge < -0.3 is 5.11 Å². The maximum Gasteiger partial charge on any atom is 0.320 e. The highest BCUT2D eigenvalue weighted by Gasteiger charge is 2.40. The van der Waals surface area contributed by atoms with Crippen LogP contribution in [-0.4, -0.2) is 33.1 Å². The molecule has 0 bridgehead atoms. The Bertz CT molecular complexity index is 176. The van der Waals surface area contributed by atoms with Crippen molar-refractivity contribution in [1.82, 2.24) is 0 Å². The molecule has 0 saturated carbocycles. The Morgan fingerprint density at radius 1 is 1.69 bits per heavy atom. The molecular weight excluding hydrogens is 204 g/mol. The van der Waals surface area contributed by atoms with Crippen molar-refractivity contribution in [3.8, 4) is 0 Å². The number of hydrogen-bond donors (Lipinski definition) is 1. The average molecular weight is 220 g/mol. The lowest BCUT2D eigenvalue weighted by Crippen LogP contribution is -2.40. The second kappa shape index (κ2) is 5.15. The van der Waals surface area contributed by atoms with E-state index in [4.69, 9.17) is 0 Å². The molecular formula is C9H16O2S2. The van der Waals surface area contributed by atoms with E-state index in [0.717, 1.165) is 36.5 Å². The lowest BCUT2D eigenvalue weighted by molar-refractivity contribution is -0.139. The van der Waals surface area contributed by atoms with E-state index in [2.05, 4.69) is 6.92 Å². The van der Waals surface area contributed by atoms with Crippen molar-refractivity contribution in [2.45, 2.75) is 30.9 Å². The summed E-state index contributed by atoms with van der Waals surface area (Å²) >= 11 is 3.41. The molecule has 1 fully saturated rings. The highest BCUT2D eigenvalue weighted by atomic mass is 32.2. The molecule has 0 aromatic rings. The fourth-order valence-electron chi connectivity index (χ4n) is 1.41. The van der Waals surface area contributed by atoms with Gasteiger partial charge in [-0.1, -0.05) is 6.92 Å². The van der Waals surface area contributed by atoms with E-state index in [-0.39, 0.29) is 0 Å². The number of carboxylic acids is 1. The molecule has 1 aliphatic heterocycles. The smallest absolute Gasteiger partial charge is 0.320 e. The van der Waals surface area contributed by atoms with Gasteiger partial charge >= 0.3 is 5.97 Å². The molecule has 0 amide bonds. The van der Waals surface area contributed by atoms with Crippen LogP contribution in [0.1, 0.15) is 26.2 Å². The van der Waals surface area contributed by atoms with E-state index in [0.29, 0.717) is 0 Å². The first-order valence-corrected chi connectivity index (χ1v) is 6.80. The number of carbonyl (C=O) groups is 1. The second-order valence-corrected chi connectivity index (χ2v) is 5.89. The largest absolute Gasteiger partial charge is 0.480 e. The fraction of sp³-hybridized carbons (Fsp3) is 0.889. The van der Waals surface area contributed by atoms with Crippen molar-refractivity contribution in [3.05, 3.63) is 0 Å². The molecule has 0 aliphatic carbocycles. The van der Waals surface area contributed by atoms with Gasteiger partial charge in [0.1, 0.15) is 4.75 Å². The minimum atomic E-state index is -0.613. The highest BCUT2D eigenvalue weighted by Crippen LogP contribution is 2.38. The van der Waals surface area contributed by atoms with Crippen LogP contribution >= 0.6 is 23.5 Å². The van der Waals surface area contributed by atoms with Gasteiger partial charge in [-0.3, -0.25) is 4.79 Å². The summed E-state index contributed by atoms with van der Waals surface area (Å²) in [6, 6.07) is 0. The molecule has 1 heterocycles. The monoisotopic (exact) mass is 220 g/mol. The van der Waals surface area contributed by atoms with E-state index in [1.807, 2.05) is 0 Å². The van der Waals surface area contributed by atoms with Gasteiger partial charge in [-0.25, -0.2) is 0 Å². The van der Waals surface area contributed by atoms with Crippen LogP contribution in [0.4, 0.5) is 0 Å². The summed E-state index contributed by atoms with van der Waals surface area (Å²) in [6.45, 7) is 2.10. The summed E-state index contributed by atoms with van der Waals surface area (Å²) in [4.78, 5) is 11.1. The van der Waals surface area contributed by atoms with Crippen LogP contribution < -0.4 is 0 Å². The van der Waals surface area contributed by atoms with Crippen molar-refractivity contribution in [1.29, 1.82) is 0 Å². The topological polar surface area (TPSA) is 37.3 Å². The normalized spacial score (nSPS) is 28.7. The Hall–Kier alpha value is 0.170. The molecule has 0 spiro atoms. The Labute approximate surface area is 87.9 Å². The van der Waals surface area contributed by atoms with Gasteiger partial charge in [0.15, 0.2) is 0 Å². The number of rotatable bonds is 4. The lowest BCUT2D eigenvalue weighted by Gasteiger charge is -2.31. The third kappa shape index (κ3) is 2.81. The summed E-state index contributed by atoms with van der Waals surface area (Å²) in [6.07, 6.45) is 2.96. The Balaban J connectivity index is 2.56. The molecule has 76 valence electrons. The van der Waals surface area contributed by atoms with E-state index in [1.165, 1.54) is 0 Å². The predicted octanol–water partition coefficient (Wildman–Crippen LogP) is 2.48. The zero-order valence-corrected chi connectivity index (χ0v) is 9.55. The molecule has 1 atom stereocenters. The van der Waals surface area contributed by atoms with Crippen molar-refractivity contribution in [2.75, 3.05) is 17.3 Å². The summed E-state index contributed by atoms with van der Waals surface area (Å²) in [5, 5.41) is 9.18. The molecule has 4 heteroatoms.